The van der Waals surface area contributed by atoms with Crippen molar-refractivity contribution in [3.05, 3.63) is 63.1 Å². The summed E-state index contributed by atoms with van der Waals surface area (Å²) < 4.78 is 26.0. The van der Waals surface area contributed by atoms with Gasteiger partial charge >= 0.3 is 0 Å². The standard InChI is InChI=1S/C23H28Cl3N3O4S/c1-5-15(2)27-23(31)16(3)28(13-17-10-11-18(24)20(26)12-17)22(30)14-29(34(4,32)33)21-9-7-6-8-19(21)25/h6-12,15-16H,5,13-14H2,1-4H3,(H,27,31)/t15-,16-/m1/s1. The molecule has 2 atom stereocenters. The first-order valence-corrected chi connectivity index (χ1v) is 13.6. The number of sulfonamides is 1. The predicted molar refractivity (Wildman–Crippen MR) is 138 cm³/mol. The minimum absolute atomic E-state index is 0.0188. The highest BCUT2D eigenvalue weighted by Crippen LogP contribution is 2.28. The van der Waals surface area contributed by atoms with Gasteiger partial charge in [-0.15, -0.1) is 0 Å². The third-order valence-corrected chi connectivity index (χ3v) is 7.49. The lowest BCUT2D eigenvalue weighted by Crippen LogP contribution is -2.52. The summed E-state index contributed by atoms with van der Waals surface area (Å²) in [6.45, 7) is 4.86. The molecular formula is C23H28Cl3N3O4S. The van der Waals surface area contributed by atoms with Gasteiger partial charge in [-0.2, -0.15) is 0 Å². The fraction of sp³-hybridized carbons (Fsp3) is 0.391. The first-order chi connectivity index (χ1) is 15.8. The summed E-state index contributed by atoms with van der Waals surface area (Å²) in [7, 11) is -3.86. The molecule has 0 radical (unpaired) electrons. The third kappa shape index (κ3) is 7.50. The molecule has 2 aromatic rings. The summed E-state index contributed by atoms with van der Waals surface area (Å²) in [6, 6.07) is 10.2. The van der Waals surface area contributed by atoms with Gasteiger partial charge in [0.1, 0.15) is 12.6 Å². The number of nitrogens with one attached hydrogen (secondary N) is 1. The van der Waals surface area contributed by atoms with Crippen LogP contribution in [0, 0.1) is 0 Å². The maximum absolute atomic E-state index is 13.5. The van der Waals surface area contributed by atoms with E-state index >= 15 is 0 Å². The smallest absolute Gasteiger partial charge is 0.244 e. The van der Waals surface area contributed by atoms with Crippen LogP contribution in [0.1, 0.15) is 32.8 Å². The van der Waals surface area contributed by atoms with Crippen LogP contribution in [0.25, 0.3) is 0 Å². The Morgan fingerprint density at radius 2 is 1.65 bits per heavy atom. The van der Waals surface area contributed by atoms with Crippen LogP contribution in [0.15, 0.2) is 42.5 Å². The second-order valence-electron chi connectivity index (χ2n) is 7.99. The summed E-state index contributed by atoms with van der Waals surface area (Å²) >= 11 is 18.4. The van der Waals surface area contributed by atoms with Gasteiger partial charge in [0.25, 0.3) is 0 Å². The van der Waals surface area contributed by atoms with E-state index in [2.05, 4.69) is 5.32 Å². The maximum atomic E-state index is 13.5. The van der Waals surface area contributed by atoms with Crippen molar-refractivity contribution in [3.63, 3.8) is 0 Å². The van der Waals surface area contributed by atoms with Crippen LogP contribution < -0.4 is 9.62 Å². The molecule has 0 bridgehead atoms. The van der Waals surface area contributed by atoms with Gasteiger partial charge in [-0.05, 0) is 50.1 Å². The SMILES string of the molecule is CC[C@@H](C)NC(=O)[C@@H](C)N(Cc1ccc(Cl)c(Cl)c1)C(=O)CN(c1ccccc1Cl)S(C)(=O)=O. The van der Waals surface area contributed by atoms with E-state index in [0.29, 0.717) is 22.0 Å². The van der Waals surface area contributed by atoms with E-state index in [0.717, 1.165) is 10.6 Å². The lowest BCUT2D eigenvalue weighted by atomic mass is 10.1. The highest BCUT2D eigenvalue weighted by molar-refractivity contribution is 7.92. The van der Waals surface area contributed by atoms with E-state index in [4.69, 9.17) is 34.8 Å². The van der Waals surface area contributed by atoms with Crippen molar-refractivity contribution in [1.29, 1.82) is 0 Å². The number of halogens is 3. The van der Waals surface area contributed by atoms with Crippen LogP contribution >= 0.6 is 34.8 Å². The third-order valence-electron chi connectivity index (χ3n) is 5.31. The van der Waals surface area contributed by atoms with Crippen molar-refractivity contribution >= 4 is 62.3 Å². The molecule has 0 aliphatic heterocycles. The number of para-hydroxylation sites is 1. The summed E-state index contributed by atoms with van der Waals surface area (Å²) in [6.07, 6.45) is 1.71. The Labute approximate surface area is 216 Å². The molecule has 2 aromatic carbocycles. The number of nitrogens with zero attached hydrogens (tertiary/aromatic N) is 2. The molecule has 186 valence electrons. The van der Waals surface area contributed by atoms with Crippen LogP contribution in [0.5, 0.6) is 0 Å². The molecule has 0 saturated heterocycles. The van der Waals surface area contributed by atoms with E-state index < -0.39 is 28.5 Å². The van der Waals surface area contributed by atoms with Gasteiger partial charge in [0.15, 0.2) is 0 Å². The Balaban J connectivity index is 2.42. The molecule has 0 unspecified atom stereocenters. The molecule has 0 aliphatic rings. The predicted octanol–water partition coefficient (Wildman–Crippen LogP) is 4.74. The molecule has 0 spiro atoms. The molecule has 0 aliphatic carbocycles. The first-order valence-electron chi connectivity index (χ1n) is 10.6. The molecule has 1 N–H and O–H groups in total. The molecule has 7 nitrogen and oxygen atoms in total. The van der Waals surface area contributed by atoms with E-state index in [-0.39, 0.29) is 29.2 Å². The van der Waals surface area contributed by atoms with Crippen LogP contribution in [-0.4, -0.2) is 50.0 Å². The molecule has 34 heavy (non-hydrogen) atoms. The van der Waals surface area contributed by atoms with Gasteiger partial charge in [-0.25, -0.2) is 8.42 Å². The quantitative estimate of drug-likeness (QED) is 0.464. The number of benzene rings is 2. The van der Waals surface area contributed by atoms with E-state index in [1.54, 1.807) is 37.3 Å². The largest absolute Gasteiger partial charge is 0.352 e. The Morgan fingerprint density at radius 1 is 1.00 bits per heavy atom. The number of hydrogen-bond acceptors (Lipinski definition) is 4. The summed E-state index contributed by atoms with van der Waals surface area (Å²) in [5, 5.41) is 3.70. The molecule has 2 rings (SSSR count). The van der Waals surface area contributed by atoms with Crippen LogP contribution in [0.2, 0.25) is 15.1 Å². The first kappa shape index (κ1) is 28.2. The van der Waals surface area contributed by atoms with E-state index in [1.165, 1.54) is 17.0 Å². The Bertz CT molecular complexity index is 1140. The van der Waals surface area contributed by atoms with Crippen molar-refractivity contribution in [2.75, 3.05) is 17.1 Å². The number of rotatable bonds is 10. The zero-order valence-electron chi connectivity index (χ0n) is 19.4. The zero-order valence-corrected chi connectivity index (χ0v) is 22.5. The van der Waals surface area contributed by atoms with Gasteiger partial charge in [0.2, 0.25) is 21.8 Å². The lowest BCUT2D eigenvalue weighted by molar-refractivity contribution is -0.139. The van der Waals surface area contributed by atoms with Crippen LogP contribution in [0.3, 0.4) is 0 Å². The maximum Gasteiger partial charge on any atom is 0.244 e. The van der Waals surface area contributed by atoms with Gasteiger partial charge in [0, 0.05) is 12.6 Å². The monoisotopic (exact) mass is 547 g/mol. The molecule has 2 amide bonds. The van der Waals surface area contributed by atoms with Gasteiger partial charge in [-0.1, -0.05) is 59.9 Å². The van der Waals surface area contributed by atoms with Gasteiger partial charge < -0.3 is 10.2 Å². The summed E-state index contributed by atoms with van der Waals surface area (Å²) in [5.74, 6) is -0.936. The summed E-state index contributed by atoms with van der Waals surface area (Å²) in [5.41, 5.74) is 0.806. The van der Waals surface area contributed by atoms with Crippen molar-refractivity contribution in [2.45, 2.75) is 45.8 Å². The van der Waals surface area contributed by atoms with Crippen molar-refractivity contribution in [2.24, 2.45) is 0 Å². The zero-order chi connectivity index (χ0) is 25.6. The van der Waals surface area contributed by atoms with Crippen molar-refractivity contribution < 1.29 is 18.0 Å². The fourth-order valence-corrected chi connectivity index (χ4v) is 4.60. The number of anilines is 1. The second-order valence-corrected chi connectivity index (χ2v) is 11.1. The molecule has 11 heteroatoms. The van der Waals surface area contributed by atoms with E-state index in [9.17, 15) is 18.0 Å². The van der Waals surface area contributed by atoms with Gasteiger partial charge in [0.05, 0.1) is 27.0 Å². The minimum Gasteiger partial charge on any atom is -0.352 e. The van der Waals surface area contributed by atoms with Crippen molar-refractivity contribution in [1.82, 2.24) is 10.2 Å². The van der Waals surface area contributed by atoms with Crippen LogP contribution in [-0.2, 0) is 26.2 Å². The van der Waals surface area contributed by atoms with E-state index in [1.807, 2.05) is 13.8 Å². The van der Waals surface area contributed by atoms with Crippen molar-refractivity contribution in [3.8, 4) is 0 Å². The Kier molecular flexibility index (Phi) is 10.1. The van der Waals surface area contributed by atoms with Crippen LogP contribution in [0.4, 0.5) is 5.69 Å². The molecule has 0 fully saturated rings. The Morgan fingerprint density at radius 3 is 2.21 bits per heavy atom. The number of carbonyl (C=O) groups is 2. The summed E-state index contributed by atoms with van der Waals surface area (Å²) in [4.78, 5) is 27.7. The molecular weight excluding hydrogens is 521 g/mol. The fourth-order valence-electron chi connectivity index (χ4n) is 3.13. The second kappa shape index (κ2) is 12.1. The van der Waals surface area contributed by atoms with Gasteiger partial charge in [-0.3, -0.25) is 13.9 Å². The number of amides is 2. The molecule has 0 heterocycles. The Hall–Kier alpha value is -2.00. The lowest BCUT2D eigenvalue weighted by Gasteiger charge is -2.32. The average molecular weight is 549 g/mol. The average Bonchev–Trinajstić information content (AvgIpc) is 2.77. The minimum atomic E-state index is -3.86. The topological polar surface area (TPSA) is 86.8 Å². The number of hydrogen-bond donors (Lipinski definition) is 1. The molecule has 0 saturated carbocycles. The highest BCUT2D eigenvalue weighted by Gasteiger charge is 2.31. The molecule has 0 aromatic heterocycles. The highest BCUT2D eigenvalue weighted by atomic mass is 35.5. The number of carbonyl (C=O) groups excluding carboxylic acids is 2. The normalized spacial score (nSPS) is 13.1.